The van der Waals surface area contributed by atoms with Crippen molar-refractivity contribution in [2.24, 2.45) is 0 Å². The van der Waals surface area contributed by atoms with Gasteiger partial charge < -0.3 is 5.11 Å². The molecule has 5 nitrogen and oxygen atoms in total. The van der Waals surface area contributed by atoms with Crippen LogP contribution in [-0.2, 0) is 16.4 Å². The Morgan fingerprint density at radius 2 is 2.05 bits per heavy atom. The highest BCUT2D eigenvalue weighted by Gasteiger charge is 2.23. The lowest BCUT2D eigenvalue weighted by molar-refractivity contribution is 0.0696. The quantitative estimate of drug-likeness (QED) is 0.878. The molecule has 22 heavy (non-hydrogen) atoms. The first-order valence-corrected chi connectivity index (χ1v) is 8.97. The van der Waals surface area contributed by atoms with Crippen molar-refractivity contribution < 1.29 is 18.3 Å². The minimum absolute atomic E-state index is 0.0812. The Labute approximate surface area is 133 Å². The van der Waals surface area contributed by atoms with Gasteiger partial charge in [0.2, 0.25) is 10.0 Å². The summed E-state index contributed by atoms with van der Waals surface area (Å²) in [5, 5.41) is 10.9. The summed E-state index contributed by atoms with van der Waals surface area (Å²) < 4.78 is 26.5. The normalized spacial score (nSPS) is 11.8. The van der Waals surface area contributed by atoms with Crippen molar-refractivity contribution in [3.05, 3.63) is 51.7 Å². The lowest BCUT2D eigenvalue weighted by atomic mass is 10.1. The Balaban J connectivity index is 2.20. The number of thiophene rings is 1. The van der Waals surface area contributed by atoms with Crippen molar-refractivity contribution in [1.82, 2.24) is 4.31 Å². The molecule has 0 amide bonds. The van der Waals surface area contributed by atoms with E-state index in [0.29, 0.717) is 18.5 Å². The fourth-order valence-electron chi connectivity index (χ4n) is 2.08. The van der Waals surface area contributed by atoms with Crippen molar-refractivity contribution >= 4 is 27.3 Å². The summed E-state index contributed by atoms with van der Waals surface area (Å²) in [6.45, 7) is 1.98. The first-order chi connectivity index (χ1) is 10.3. The number of carboxylic acids is 1. The van der Waals surface area contributed by atoms with E-state index >= 15 is 0 Å². The number of hydrogen-bond donors (Lipinski definition) is 1. The van der Waals surface area contributed by atoms with E-state index < -0.39 is 16.0 Å². The first-order valence-electron chi connectivity index (χ1n) is 6.65. The summed E-state index contributed by atoms with van der Waals surface area (Å²) in [6, 6.07) is 7.95. The standard InChI is InChI=1S/C15H17NO4S2/c1-11-10-12(15(17)18)5-6-14(11)22(19,20)16(2)8-7-13-4-3-9-21-13/h3-6,9-10H,7-8H2,1-2H3,(H,17,18). The van der Waals surface area contributed by atoms with E-state index in [2.05, 4.69) is 0 Å². The Bertz CT molecular complexity index is 767. The van der Waals surface area contributed by atoms with E-state index in [1.54, 1.807) is 18.3 Å². The lowest BCUT2D eigenvalue weighted by Gasteiger charge is -2.18. The molecule has 0 fully saturated rings. The third-order valence-corrected chi connectivity index (χ3v) is 6.32. The predicted octanol–water partition coefficient (Wildman–Crippen LogP) is 2.62. The maximum atomic E-state index is 12.6. The smallest absolute Gasteiger partial charge is 0.335 e. The fourth-order valence-corrected chi connectivity index (χ4v) is 4.15. The maximum absolute atomic E-state index is 12.6. The van der Waals surface area contributed by atoms with Crippen LogP contribution < -0.4 is 0 Å². The number of likely N-dealkylation sites (N-methyl/N-ethyl adjacent to an activating group) is 1. The lowest BCUT2D eigenvalue weighted by Crippen LogP contribution is -2.29. The molecule has 2 rings (SSSR count). The van der Waals surface area contributed by atoms with Crippen LogP contribution >= 0.6 is 11.3 Å². The van der Waals surface area contributed by atoms with Crippen molar-refractivity contribution in [3.63, 3.8) is 0 Å². The monoisotopic (exact) mass is 339 g/mol. The number of carboxylic acid groups (broad SMARTS) is 1. The number of carbonyl (C=O) groups is 1. The number of rotatable bonds is 6. The molecule has 0 atom stereocenters. The highest BCUT2D eigenvalue weighted by atomic mass is 32.2. The first kappa shape index (κ1) is 16.7. The number of sulfonamides is 1. The van der Waals surface area contributed by atoms with Crippen LogP contribution in [0.2, 0.25) is 0 Å². The second-order valence-electron chi connectivity index (χ2n) is 4.94. The fraction of sp³-hybridized carbons (Fsp3) is 0.267. The van der Waals surface area contributed by atoms with Crippen molar-refractivity contribution in [2.75, 3.05) is 13.6 Å². The molecular formula is C15H17NO4S2. The van der Waals surface area contributed by atoms with Gasteiger partial charge in [0.1, 0.15) is 0 Å². The molecule has 118 valence electrons. The number of aromatic carboxylic acids is 1. The summed E-state index contributed by atoms with van der Waals surface area (Å²) in [4.78, 5) is 12.2. The van der Waals surface area contributed by atoms with Crippen LogP contribution in [0.4, 0.5) is 0 Å². The molecular weight excluding hydrogens is 322 g/mol. The summed E-state index contributed by atoms with van der Waals surface area (Å²) in [5.41, 5.74) is 0.514. The van der Waals surface area contributed by atoms with Gasteiger partial charge in [-0.25, -0.2) is 17.5 Å². The zero-order valence-electron chi connectivity index (χ0n) is 12.3. The summed E-state index contributed by atoms with van der Waals surface area (Å²) >= 11 is 1.59. The third kappa shape index (κ3) is 3.55. The van der Waals surface area contributed by atoms with Gasteiger partial charge >= 0.3 is 5.97 Å². The zero-order chi connectivity index (χ0) is 16.3. The largest absolute Gasteiger partial charge is 0.478 e. The summed E-state index contributed by atoms with van der Waals surface area (Å²) in [6.07, 6.45) is 0.652. The Morgan fingerprint density at radius 1 is 1.32 bits per heavy atom. The minimum atomic E-state index is -3.62. The minimum Gasteiger partial charge on any atom is -0.478 e. The average molecular weight is 339 g/mol. The van der Waals surface area contributed by atoms with Crippen molar-refractivity contribution in [2.45, 2.75) is 18.2 Å². The van der Waals surface area contributed by atoms with Crippen LogP contribution in [0.15, 0.2) is 40.6 Å². The molecule has 0 unspecified atom stereocenters. The second-order valence-corrected chi connectivity index (χ2v) is 7.99. The molecule has 1 aromatic heterocycles. The molecule has 0 aliphatic carbocycles. The van der Waals surface area contributed by atoms with Gasteiger partial charge in [0, 0.05) is 18.5 Å². The van der Waals surface area contributed by atoms with Gasteiger partial charge in [-0.1, -0.05) is 6.07 Å². The van der Waals surface area contributed by atoms with Gasteiger partial charge in [-0.3, -0.25) is 0 Å². The van der Waals surface area contributed by atoms with Crippen molar-refractivity contribution in [3.8, 4) is 0 Å². The van der Waals surface area contributed by atoms with E-state index in [1.807, 2.05) is 17.5 Å². The third-order valence-electron chi connectivity index (χ3n) is 3.36. The molecule has 0 saturated carbocycles. The second kappa shape index (κ2) is 6.60. The molecule has 1 aromatic carbocycles. The van der Waals surface area contributed by atoms with Crippen LogP contribution in [0.1, 0.15) is 20.8 Å². The molecule has 0 aliphatic heterocycles. The molecule has 1 heterocycles. The summed E-state index contributed by atoms with van der Waals surface area (Å²) in [5.74, 6) is -1.07. The van der Waals surface area contributed by atoms with E-state index in [9.17, 15) is 13.2 Å². The highest BCUT2D eigenvalue weighted by molar-refractivity contribution is 7.89. The van der Waals surface area contributed by atoms with Crippen LogP contribution in [0, 0.1) is 6.92 Å². The van der Waals surface area contributed by atoms with E-state index in [-0.39, 0.29) is 10.5 Å². The molecule has 0 aliphatic rings. The van der Waals surface area contributed by atoms with Gasteiger partial charge in [0.15, 0.2) is 0 Å². The highest BCUT2D eigenvalue weighted by Crippen LogP contribution is 2.21. The van der Waals surface area contributed by atoms with Gasteiger partial charge in [0.05, 0.1) is 10.5 Å². The molecule has 1 N–H and O–H groups in total. The van der Waals surface area contributed by atoms with Crippen LogP contribution in [0.3, 0.4) is 0 Å². The van der Waals surface area contributed by atoms with Gasteiger partial charge in [-0.15, -0.1) is 11.3 Å². The van der Waals surface area contributed by atoms with E-state index in [4.69, 9.17) is 5.11 Å². The number of nitrogens with zero attached hydrogens (tertiary/aromatic N) is 1. The number of hydrogen-bond acceptors (Lipinski definition) is 4. The van der Waals surface area contributed by atoms with E-state index in [1.165, 1.54) is 29.6 Å². The van der Waals surface area contributed by atoms with Gasteiger partial charge in [0.25, 0.3) is 0 Å². The Morgan fingerprint density at radius 3 is 2.59 bits per heavy atom. The van der Waals surface area contributed by atoms with Crippen LogP contribution in [-0.4, -0.2) is 37.4 Å². The Kier molecular flexibility index (Phi) is 5.00. The summed E-state index contributed by atoms with van der Waals surface area (Å²) in [7, 11) is -2.09. The molecule has 0 bridgehead atoms. The molecule has 7 heteroatoms. The number of benzene rings is 1. The SMILES string of the molecule is Cc1cc(C(=O)O)ccc1S(=O)(=O)N(C)CCc1cccs1. The van der Waals surface area contributed by atoms with E-state index in [0.717, 1.165) is 4.88 Å². The maximum Gasteiger partial charge on any atom is 0.335 e. The molecule has 0 radical (unpaired) electrons. The molecule has 0 saturated heterocycles. The molecule has 2 aromatic rings. The van der Waals surface area contributed by atoms with Gasteiger partial charge in [-0.2, -0.15) is 0 Å². The Hall–Kier alpha value is -1.70. The topological polar surface area (TPSA) is 74.7 Å². The van der Waals surface area contributed by atoms with Crippen molar-refractivity contribution in [1.29, 1.82) is 0 Å². The van der Waals surface area contributed by atoms with Crippen LogP contribution in [0.25, 0.3) is 0 Å². The molecule has 0 spiro atoms. The van der Waals surface area contributed by atoms with Crippen LogP contribution in [0.5, 0.6) is 0 Å². The zero-order valence-corrected chi connectivity index (χ0v) is 13.9. The average Bonchev–Trinajstić information content (AvgIpc) is 2.97. The number of aryl methyl sites for hydroxylation is 1. The van der Waals surface area contributed by atoms with Gasteiger partial charge in [-0.05, 0) is 48.6 Å². The predicted molar refractivity (Wildman–Crippen MR) is 86.0 cm³/mol.